The van der Waals surface area contributed by atoms with E-state index in [4.69, 9.17) is 26.4 Å². The predicted octanol–water partition coefficient (Wildman–Crippen LogP) is 1.39. The van der Waals surface area contributed by atoms with Gasteiger partial charge in [0.1, 0.15) is 0 Å². The van der Waals surface area contributed by atoms with Crippen LogP contribution in [-0.4, -0.2) is 38.3 Å². The first-order valence-electron chi connectivity index (χ1n) is 7.35. The lowest BCUT2D eigenvalue weighted by Crippen LogP contribution is -2.50. The number of rotatable bonds is 4. The first-order valence-corrected chi connectivity index (χ1v) is 7.76. The highest BCUT2D eigenvalue weighted by Crippen LogP contribution is 2.38. The van der Waals surface area contributed by atoms with Gasteiger partial charge in [-0.2, -0.15) is 0 Å². The molecule has 0 fully saturated rings. The molecule has 0 saturated carbocycles. The number of benzene rings is 1. The number of carbonyl (C=O) groups excluding carboxylic acids is 2. The molecule has 0 aliphatic heterocycles. The van der Waals surface area contributed by atoms with Gasteiger partial charge in [-0.1, -0.05) is 20.8 Å². The minimum absolute atomic E-state index is 0.0132. The molecule has 0 saturated heterocycles. The summed E-state index contributed by atoms with van der Waals surface area (Å²) in [6.07, 6.45) is 0. The number of methoxy groups -OCH3 is 3. The van der Waals surface area contributed by atoms with Gasteiger partial charge >= 0.3 is 0 Å². The van der Waals surface area contributed by atoms with Gasteiger partial charge in [-0.3, -0.25) is 20.4 Å². The van der Waals surface area contributed by atoms with Crippen molar-refractivity contribution in [2.75, 3.05) is 21.3 Å². The Labute approximate surface area is 152 Å². The van der Waals surface area contributed by atoms with Gasteiger partial charge in [-0.25, -0.2) is 0 Å². The predicted molar refractivity (Wildman–Crippen MR) is 96.9 cm³/mol. The Hall–Kier alpha value is -2.55. The molecule has 0 unspecified atom stereocenters. The number of ether oxygens (including phenoxy) is 3. The van der Waals surface area contributed by atoms with Crippen LogP contribution in [-0.2, 0) is 4.79 Å². The molecule has 0 heterocycles. The molecule has 9 heteroatoms. The number of thiocarbonyl (C=S) groups is 1. The highest BCUT2D eigenvalue weighted by atomic mass is 32.1. The summed E-state index contributed by atoms with van der Waals surface area (Å²) in [5.41, 5.74) is 4.53. The van der Waals surface area contributed by atoms with E-state index in [2.05, 4.69) is 16.2 Å². The van der Waals surface area contributed by atoms with Crippen LogP contribution in [0.2, 0.25) is 0 Å². The van der Waals surface area contributed by atoms with Gasteiger partial charge in [0.25, 0.3) is 5.91 Å². The fourth-order valence-corrected chi connectivity index (χ4v) is 1.86. The minimum atomic E-state index is -0.605. The quantitative estimate of drug-likeness (QED) is 0.545. The number of amides is 2. The standard InChI is InChI=1S/C16H23N3O5S/c1-16(2,3)14(21)17-15(25)19-18-13(20)9-7-10(22-4)12(24-6)11(8-9)23-5/h7-8H,1-6H3,(H,18,20)(H2,17,19,21,25). The first-order chi connectivity index (χ1) is 11.6. The molecule has 1 aromatic carbocycles. The van der Waals surface area contributed by atoms with Crippen LogP contribution in [0.4, 0.5) is 0 Å². The smallest absolute Gasteiger partial charge is 0.269 e. The number of hydrazine groups is 1. The highest BCUT2D eigenvalue weighted by molar-refractivity contribution is 7.80. The van der Waals surface area contributed by atoms with E-state index in [1.807, 2.05) is 0 Å². The molecule has 8 nitrogen and oxygen atoms in total. The van der Waals surface area contributed by atoms with E-state index in [-0.39, 0.29) is 16.6 Å². The van der Waals surface area contributed by atoms with Gasteiger partial charge < -0.3 is 19.5 Å². The van der Waals surface area contributed by atoms with Crippen LogP contribution in [0.3, 0.4) is 0 Å². The van der Waals surface area contributed by atoms with Gasteiger partial charge in [0.05, 0.1) is 21.3 Å². The third kappa shape index (κ3) is 5.49. The van der Waals surface area contributed by atoms with E-state index in [9.17, 15) is 9.59 Å². The van der Waals surface area contributed by atoms with Crippen molar-refractivity contribution >= 4 is 29.1 Å². The van der Waals surface area contributed by atoms with Gasteiger partial charge in [0.15, 0.2) is 16.6 Å². The third-order valence-corrected chi connectivity index (χ3v) is 3.33. The molecule has 1 aromatic rings. The van der Waals surface area contributed by atoms with Gasteiger partial charge in [-0.15, -0.1) is 0 Å². The zero-order chi connectivity index (χ0) is 19.2. The maximum absolute atomic E-state index is 12.3. The van der Waals surface area contributed by atoms with Gasteiger partial charge in [-0.05, 0) is 24.4 Å². The van der Waals surface area contributed by atoms with E-state index < -0.39 is 11.3 Å². The number of nitrogens with one attached hydrogen (secondary N) is 3. The van der Waals surface area contributed by atoms with Crippen molar-refractivity contribution in [3.8, 4) is 17.2 Å². The van der Waals surface area contributed by atoms with Crippen LogP contribution in [0.5, 0.6) is 17.2 Å². The summed E-state index contributed by atoms with van der Waals surface area (Å²) in [7, 11) is 4.38. The van der Waals surface area contributed by atoms with Crippen molar-refractivity contribution in [1.82, 2.24) is 16.2 Å². The Balaban J connectivity index is 2.81. The van der Waals surface area contributed by atoms with Crippen molar-refractivity contribution in [3.05, 3.63) is 17.7 Å². The second-order valence-corrected chi connectivity index (χ2v) is 6.43. The lowest BCUT2D eigenvalue weighted by Gasteiger charge is -2.19. The van der Waals surface area contributed by atoms with Crippen LogP contribution in [0.1, 0.15) is 31.1 Å². The Morgan fingerprint density at radius 2 is 1.48 bits per heavy atom. The second kappa shape index (κ2) is 8.52. The SMILES string of the molecule is COc1cc(C(=O)NNC(=S)NC(=O)C(C)(C)C)cc(OC)c1OC. The van der Waals surface area contributed by atoms with Crippen LogP contribution < -0.4 is 30.4 Å². The molecule has 1 rings (SSSR count). The second-order valence-electron chi connectivity index (χ2n) is 6.03. The van der Waals surface area contributed by atoms with Crippen molar-refractivity contribution in [2.24, 2.45) is 5.41 Å². The van der Waals surface area contributed by atoms with E-state index in [1.165, 1.54) is 33.5 Å². The van der Waals surface area contributed by atoms with E-state index in [0.717, 1.165) is 0 Å². The molecule has 25 heavy (non-hydrogen) atoms. The molecular weight excluding hydrogens is 346 g/mol. The van der Waals surface area contributed by atoms with E-state index >= 15 is 0 Å². The fourth-order valence-electron chi connectivity index (χ4n) is 1.72. The Kier molecular flexibility index (Phi) is 6.98. The summed E-state index contributed by atoms with van der Waals surface area (Å²) in [6, 6.07) is 2.99. The normalized spacial score (nSPS) is 10.5. The first kappa shape index (κ1) is 20.5. The highest BCUT2D eigenvalue weighted by Gasteiger charge is 2.22. The molecule has 0 aromatic heterocycles. The Bertz CT molecular complexity index is 645. The minimum Gasteiger partial charge on any atom is -0.493 e. The maximum Gasteiger partial charge on any atom is 0.269 e. The molecule has 3 N–H and O–H groups in total. The van der Waals surface area contributed by atoms with Gasteiger partial charge in [0.2, 0.25) is 11.7 Å². The van der Waals surface area contributed by atoms with E-state index in [0.29, 0.717) is 17.2 Å². The number of hydrogen-bond donors (Lipinski definition) is 3. The summed E-state index contributed by atoms with van der Waals surface area (Å²) in [5.74, 6) is 0.298. The Morgan fingerprint density at radius 3 is 1.88 bits per heavy atom. The van der Waals surface area contributed by atoms with Crippen molar-refractivity contribution in [3.63, 3.8) is 0 Å². The zero-order valence-electron chi connectivity index (χ0n) is 15.1. The van der Waals surface area contributed by atoms with Crippen molar-refractivity contribution in [2.45, 2.75) is 20.8 Å². The summed E-state index contributed by atoms with van der Waals surface area (Å²) in [5, 5.41) is 2.47. The molecular formula is C16H23N3O5S. The topological polar surface area (TPSA) is 97.9 Å². The largest absolute Gasteiger partial charge is 0.493 e. The molecule has 0 radical (unpaired) electrons. The van der Waals surface area contributed by atoms with E-state index in [1.54, 1.807) is 20.8 Å². The zero-order valence-corrected chi connectivity index (χ0v) is 15.9. The molecule has 138 valence electrons. The lowest BCUT2D eigenvalue weighted by molar-refractivity contribution is -0.126. The van der Waals surface area contributed by atoms with Gasteiger partial charge in [0, 0.05) is 11.0 Å². The average molecular weight is 369 g/mol. The molecule has 2 amide bonds. The van der Waals surface area contributed by atoms with Crippen LogP contribution in [0.25, 0.3) is 0 Å². The Morgan fingerprint density at radius 1 is 0.960 bits per heavy atom. The van der Waals surface area contributed by atoms with Crippen molar-refractivity contribution < 1.29 is 23.8 Å². The van der Waals surface area contributed by atoms with Crippen LogP contribution in [0.15, 0.2) is 12.1 Å². The summed E-state index contributed by atoms with van der Waals surface area (Å²) in [6.45, 7) is 5.25. The summed E-state index contributed by atoms with van der Waals surface area (Å²) >= 11 is 4.98. The summed E-state index contributed by atoms with van der Waals surface area (Å²) in [4.78, 5) is 24.1. The number of hydrogen-bond acceptors (Lipinski definition) is 6. The molecule has 0 spiro atoms. The van der Waals surface area contributed by atoms with Crippen LogP contribution >= 0.6 is 12.2 Å². The summed E-state index contributed by atoms with van der Waals surface area (Å²) < 4.78 is 15.6. The molecule has 0 atom stereocenters. The van der Waals surface area contributed by atoms with Crippen molar-refractivity contribution in [1.29, 1.82) is 0 Å². The molecule has 0 aliphatic carbocycles. The fraction of sp³-hybridized carbons (Fsp3) is 0.438. The van der Waals surface area contributed by atoms with Crippen LogP contribution in [0, 0.1) is 5.41 Å². The third-order valence-electron chi connectivity index (χ3n) is 3.12. The lowest BCUT2D eigenvalue weighted by atomic mass is 9.96. The monoisotopic (exact) mass is 369 g/mol. The maximum atomic E-state index is 12.3. The average Bonchev–Trinajstić information content (AvgIpc) is 2.57. The number of carbonyl (C=O) groups is 2. The molecule has 0 aliphatic rings. The molecule has 0 bridgehead atoms.